The second-order valence-corrected chi connectivity index (χ2v) is 6.39. The molecule has 1 N–H and O–H groups in total. The number of amides is 1. The number of carbonyl (C=O) groups is 1. The molecule has 1 aromatic heterocycles. The molecule has 0 fully saturated rings. The van der Waals surface area contributed by atoms with Gasteiger partial charge >= 0.3 is 0 Å². The maximum atomic E-state index is 13.6. The van der Waals surface area contributed by atoms with Gasteiger partial charge in [0.15, 0.2) is 5.03 Å². The molecule has 6 nitrogen and oxygen atoms in total. The number of para-hydroxylation sites is 1. The van der Waals surface area contributed by atoms with Gasteiger partial charge in [-0.05, 0) is 36.4 Å². The van der Waals surface area contributed by atoms with E-state index in [-0.39, 0.29) is 22.0 Å². The molecule has 138 valence electrons. The van der Waals surface area contributed by atoms with Crippen LogP contribution in [0.15, 0.2) is 70.7 Å². The molecule has 0 spiro atoms. The van der Waals surface area contributed by atoms with Crippen molar-refractivity contribution < 1.29 is 13.9 Å². The van der Waals surface area contributed by atoms with Crippen LogP contribution in [0.25, 0.3) is 5.69 Å². The maximum absolute atomic E-state index is 13.6. The molecule has 3 rings (SSSR count). The van der Waals surface area contributed by atoms with Crippen molar-refractivity contribution in [2.45, 2.75) is 5.03 Å². The first-order valence-corrected chi connectivity index (χ1v) is 8.96. The number of nitrogens with zero attached hydrogens (tertiary/aromatic N) is 2. The number of aromatic nitrogens is 2. The standard InChI is InChI=1S/C19H16FN3O3S/c1-26-14-8-6-13(7-9-14)23-11-10-21-18(19(23)25)27-12-17(24)22-16-5-3-2-4-15(16)20/h2-11H,12H2,1H3,(H,22,24). The van der Waals surface area contributed by atoms with Gasteiger partial charge in [0.05, 0.1) is 18.6 Å². The lowest BCUT2D eigenvalue weighted by Gasteiger charge is -2.09. The Bertz CT molecular complexity index is 1010. The lowest BCUT2D eigenvalue weighted by molar-refractivity contribution is -0.113. The van der Waals surface area contributed by atoms with Crippen LogP contribution in [0.2, 0.25) is 0 Å². The van der Waals surface area contributed by atoms with E-state index in [1.165, 1.54) is 29.0 Å². The number of rotatable bonds is 6. The largest absolute Gasteiger partial charge is 0.497 e. The predicted octanol–water partition coefficient (Wildman–Crippen LogP) is 3.11. The summed E-state index contributed by atoms with van der Waals surface area (Å²) in [6.07, 6.45) is 3.04. The first-order chi connectivity index (χ1) is 13.1. The number of ether oxygens (including phenoxy) is 1. The first kappa shape index (κ1) is 18.7. The first-order valence-electron chi connectivity index (χ1n) is 7.98. The molecule has 0 aliphatic carbocycles. The van der Waals surface area contributed by atoms with Gasteiger partial charge in [-0.1, -0.05) is 23.9 Å². The zero-order chi connectivity index (χ0) is 19.2. The van der Waals surface area contributed by atoms with Crippen LogP contribution in [-0.2, 0) is 4.79 Å². The highest BCUT2D eigenvalue weighted by Gasteiger charge is 2.11. The minimum atomic E-state index is -0.518. The molecule has 2 aromatic carbocycles. The fraction of sp³-hybridized carbons (Fsp3) is 0.105. The number of benzene rings is 2. The Hall–Kier alpha value is -3.13. The summed E-state index contributed by atoms with van der Waals surface area (Å²) >= 11 is 0.993. The fourth-order valence-corrected chi connectivity index (χ4v) is 3.02. The van der Waals surface area contributed by atoms with Gasteiger partial charge in [-0.3, -0.25) is 14.2 Å². The number of nitrogens with one attached hydrogen (secondary N) is 1. The van der Waals surface area contributed by atoms with Gasteiger partial charge in [0, 0.05) is 18.1 Å². The summed E-state index contributed by atoms with van der Waals surface area (Å²) in [6, 6.07) is 12.9. The molecule has 3 aromatic rings. The van der Waals surface area contributed by atoms with Crippen molar-refractivity contribution in [3.63, 3.8) is 0 Å². The summed E-state index contributed by atoms with van der Waals surface area (Å²) in [5.41, 5.74) is 0.409. The fourth-order valence-electron chi connectivity index (χ4n) is 2.32. The number of methoxy groups -OCH3 is 1. The van der Waals surface area contributed by atoms with Crippen molar-refractivity contribution in [1.29, 1.82) is 0 Å². The summed E-state index contributed by atoms with van der Waals surface area (Å²) < 4.78 is 20.1. The van der Waals surface area contributed by atoms with E-state index in [0.717, 1.165) is 11.8 Å². The van der Waals surface area contributed by atoms with Gasteiger partial charge in [-0.25, -0.2) is 9.37 Å². The summed E-state index contributed by atoms with van der Waals surface area (Å²) in [7, 11) is 1.56. The highest BCUT2D eigenvalue weighted by molar-refractivity contribution is 7.99. The zero-order valence-corrected chi connectivity index (χ0v) is 15.2. The molecule has 0 atom stereocenters. The molecule has 8 heteroatoms. The van der Waals surface area contributed by atoms with Crippen molar-refractivity contribution >= 4 is 23.4 Å². The average molecular weight is 385 g/mol. The van der Waals surface area contributed by atoms with Gasteiger partial charge in [-0.15, -0.1) is 0 Å². The molecule has 0 unspecified atom stereocenters. The topological polar surface area (TPSA) is 73.2 Å². The van der Waals surface area contributed by atoms with E-state index in [4.69, 9.17) is 4.74 Å². The molecule has 0 bridgehead atoms. The normalized spacial score (nSPS) is 10.4. The van der Waals surface area contributed by atoms with E-state index in [0.29, 0.717) is 11.4 Å². The molecule has 0 saturated heterocycles. The van der Waals surface area contributed by atoms with E-state index < -0.39 is 11.7 Å². The number of anilines is 1. The van der Waals surface area contributed by atoms with Crippen LogP contribution in [0.5, 0.6) is 5.75 Å². The van der Waals surface area contributed by atoms with Gasteiger partial charge < -0.3 is 10.1 Å². The van der Waals surface area contributed by atoms with E-state index in [2.05, 4.69) is 10.3 Å². The Kier molecular flexibility index (Phi) is 5.87. The van der Waals surface area contributed by atoms with Crippen molar-refractivity contribution in [1.82, 2.24) is 9.55 Å². The Balaban J connectivity index is 1.71. The number of thioether (sulfide) groups is 1. The van der Waals surface area contributed by atoms with E-state index in [9.17, 15) is 14.0 Å². The second-order valence-electron chi connectivity index (χ2n) is 5.42. The van der Waals surface area contributed by atoms with Gasteiger partial charge in [0.25, 0.3) is 5.56 Å². The maximum Gasteiger partial charge on any atom is 0.287 e. The van der Waals surface area contributed by atoms with Crippen molar-refractivity contribution in [3.05, 3.63) is 77.1 Å². The Morgan fingerprint density at radius 1 is 1.22 bits per heavy atom. The van der Waals surface area contributed by atoms with Crippen LogP contribution < -0.4 is 15.6 Å². The van der Waals surface area contributed by atoms with Gasteiger partial charge in [0.1, 0.15) is 11.6 Å². The Labute approximate surface area is 159 Å². The van der Waals surface area contributed by atoms with Crippen molar-refractivity contribution in [3.8, 4) is 11.4 Å². The monoisotopic (exact) mass is 385 g/mol. The minimum Gasteiger partial charge on any atom is -0.497 e. The molecule has 0 aliphatic rings. The third kappa shape index (κ3) is 4.53. The van der Waals surface area contributed by atoms with Crippen LogP contribution >= 0.6 is 11.8 Å². The second kappa shape index (κ2) is 8.50. The van der Waals surface area contributed by atoms with Crippen LogP contribution in [0.1, 0.15) is 0 Å². The lowest BCUT2D eigenvalue weighted by atomic mass is 10.3. The van der Waals surface area contributed by atoms with Crippen LogP contribution in [0, 0.1) is 5.82 Å². The molecule has 0 radical (unpaired) electrons. The third-order valence-corrected chi connectivity index (χ3v) is 4.61. The SMILES string of the molecule is COc1ccc(-n2ccnc(SCC(=O)Nc3ccccc3F)c2=O)cc1. The zero-order valence-electron chi connectivity index (χ0n) is 14.4. The number of halogens is 1. The summed E-state index contributed by atoms with van der Waals surface area (Å²) in [4.78, 5) is 28.7. The van der Waals surface area contributed by atoms with Gasteiger partial charge in [0.2, 0.25) is 5.91 Å². The van der Waals surface area contributed by atoms with Crippen molar-refractivity contribution in [2.24, 2.45) is 0 Å². The van der Waals surface area contributed by atoms with Crippen LogP contribution in [0.3, 0.4) is 0 Å². The van der Waals surface area contributed by atoms with Crippen LogP contribution in [0.4, 0.5) is 10.1 Å². The molecule has 1 amide bonds. The Morgan fingerprint density at radius 3 is 2.67 bits per heavy atom. The van der Waals surface area contributed by atoms with Crippen molar-refractivity contribution in [2.75, 3.05) is 18.2 Å². The minimum absolute atomic E-state index is 0.0663. The number of hydrogen-bond acceptors (Lipinski definition) is 5. The highest BCUT2D eigenvalue weighted by atomic mass is 32.2. The lowest BCUT2D eigenvalue weighted by Crippen LogP contribution is -2.22. The van der Waals surface area contributed by atoms with E-state index in [1.807, 2.05) is 0 Å². The molecule has 0 aliphatic heterocycles. The quantitative estimate of drug-likeness (QED) is 0.660. The number of hydrogen-bond donors (Lipinski definition) is 1. The smallest absolute Gasteiger partial charge is 0.287 e. The number of carbonyl (C=O) groups excluding carboxylic acids is 1. The molecular formula is C19H16FN3O3S. The Morgan fingerprint density at radius 2 is 1.96 bits per heavy atom. The highest BCUT2D eigenvalue weighted by Crippen LogP contribution is 2.17. The average Bonchev–Trinajstić information content (AvgIpc) is 2.69. The molecule has 1 heterocycles. The van der Waals surface area contributed by atoms with E-state index >= 15 is 0 Å². The van der Waals surface area contributed by atoms with Crippen LogP contribution in [-0.4, -0.2) is 28.3 Å². The molecule has 27 heavy (non-hydrogen) atoms. The molecular weight excluding hydrogens is 369 g/mol. The summed E-state index contributed by atoms with van der Waals surface area (Å²) in [6.45, 7) is 0. The van der Waals surface area contributed by atoms with E-state index in [1.54, 1.807) is 43.6 Å². The molecule has 0 saturated carbocycles. The van der Waals surface area contributed by atoms with Gasteiger partial charge in [-0.2, -0.15) is 0 Å². The summed E-state index contributed by atoms with van der Waals surface area (Å²) in [5.74, 6) is -0.328. The predicted molar refractivity (Wildman–Crippen MR) is 102 cm³/mol. The summed E-state index contributed by atoms with van der Waals surface area (Å²) in [5, 5.41) is 2.65. The third-order valence-electron chi connectivity index (χ3n) is 3.65.